The van der Waals surface area contributed by atoms with Gasteiger partial charge >= 0.3 is 12.1 Å². The number of hydrogen-bond donors (Lipinski definition) is 0. The Morgan fingerprint density at radius 3 is 2.00 bits per heavy atom. The van der Waals surface area contributed by atoms with E-state index in [-0.39, 0.29) is 6.54 Å². The lowest BCUT2D eigenvalue weighted by molar-refractivity contribution is -0.176. The second-order valence-electron chi connectivity index (χ2n) is 11.4. The van der Waals surface area contributed by atoms with Crippen molar-refractivity contribution >= 4 is 23.9 Å². The van der Waals surface area contributed by atoms with Gasteiger partial charge in [0.25, 0.3) is 5.91 Å². The van der Waals surface area contributed by atoms with Gasteiger partial charge in [-0.15, -0.1) is 5.06 Å². The molecule has 0 saturated heterocycles. The maximum Gasteiger partial charge on any atom is 0.415 e. The van der Waals surface area contributed by atoms with Crippen molar-refractivity contribution in [2.24, 2.45) is 11.3 Å². The van der Waals surface area contributed by atoms with E-state index in [4.69, 9.17) is 9.57 Å². The largest absolute Gasteiger partial charge is 0.452 e. The van der Waals surface area contributed by atoms with Gasteiger partial charge in [0.2, 0.25) is 5.91 Å². The molecule has 0 spiro atoms. The smallest absolute Gasteiger partial charge is 0.415 e. The van der Waals surface area contributed by atoms with Crippen LogP contribution in [-0.2, 0) is 25.7 Å². The van der Waals surface area contributed by atoms with Crippen molar-refractivity contribution in [2.75, 3.05) is 7.11 Å². The second kappa shape index (κ2) is 13.5. The van der Waals surface area contributed by atoms with Crippen molar-refractivity contribution < 1.29 is 28.8 Å². The Balaban J connectivity index is 1.79. The highest BCUT2D eigenvalue weighted by molar-refractivity contribution is 6.03. The molecule has 0 N–H and O–H groups in total. The van der Waals surface area contributed by atoms with Crippen molar-refractivity contribution in [3.8, 4) is 0 Å². The molecule has 1 heterocycles. The average Bonchev–Trinajstić information content (AvgIpc) is 3.01. The number of imide groups is 1. The third kappa shape index (κ3) is 7.18. The Bertz CT molecular complexity index is 1450. The molecular weight excluding hydrogens is 546 g/mol. The molecule has 43 heavy (non-hydrogen) atoms. The number of carbonyl (C=O) groups excluding carboxylic acids is 4. The fourth-order valence-electron chi connectivity index (χ4n) is 5.24. The maximum absolute atomic E-state index is 14.5. The third-order valence-corrected chi connectivity index (χ3v) is 7.23. The quantitative estimate of drug-likeness (QED) is 0.302. The molecule has 9 nitrogen and oxygen atoms in total. The SMILES string of the molecule is COC(=O)N1C=CC(=O)N(C(=O)[C@@H](C)[C@@H](c2ccccc2)N(Cc2ccccc2)OC(=O)c2ccccc2)[C@@H]1C(C)(C)C. The molecule has 3 aromatic carbocycles. The van der Waals surface area contributed by atoms with E-state index in [0.717, 1.165) is 10.5 Å². The molecule has 0 saturated carbocycles. The monoisotopic (exact) mass is 583 g/mol. The molecule has 1 aliphatic rings. The number of amides is 3. The highest BCUT2D eigenvalue weighted by atomic mass is 16.7. The second-order valence-corrected chi connectivity index (χ2v) is 11.4. The first kappa shape index (κ1) is 31.2. The van der Waals surface area contributed by atoms with Crippen LogP contribution in [-0.4, -0.2) is 52.0 Å². The summed E-state index contributed by atoms with van der Waals surface area (Å²) in [5.41, 5.74) is 1.18. The van der Waals surface area contributed by atoms with Crippen LogP contribution in [0.4, 0.5) is 4.79 Å². The maximum atomic E-state index is 14.5. The Morgan fingerprint density at radius 2 is 1.44 bits per heavy atom. The zero-order chi connectivity index (χ0) is 31.1. The Kier molecular flexibility index (Phi) is 9.77. The number of rotatable bonds is 8. The van der Waals surface area contributed by atoms with Crippen LogP contribution in [0.1, 0.15) is 55.2 Å². The summed E-state index contributed by atoms with van der Waals surface area (Å²) in [4.78, 5) is 62.4. The van der Waals surface area contributed by atoms with Crippen LogP contribution in [0, 0.1) is 11.3 Å². The molecule has 9 heteroatoms. The van der Waals surface area contributed by atoms with E-state index in [2.05, 4.69) is 0 Å². The lowest BCUT2D eigenvalue weighted by atomic mass is 9.87. The highest BCUT2D eigenvalue weighted by Gasteiger charge is 2.48. The topological polar surface area (TPSA) is 96.5 Å². The van der Waals surface area contributed by atoms with E-state index in [9.17, 15) is 19.2 Å². The lowest BCUT2D eigenvalue weighted by Gasteiger charge is -2.46. The normalized spacial score (nSPS) is 16.5. The fraction of sp³-hybridized carbons (Fsp3) is 0.294. The van der Waals surface area contributed by atoms with E-state index in [1.165, 1.54) is 29.3 Å². The summed E-state index contributed by atoms with van der Waals surface area (Å²) in [6.07, 6.45) is 0.865. The summed E-state index contributed by atoms with van der Waals surface area (Å²) >= 11 is 0. The van der Waals surface area contributed by atoms with E-state index in [0.29, 0.717) is 11.1 Å². The molecule has 0 fully saturated rings. The van der Waals surface area contributed by atoms with Gasteiger partial charge in [0.15, 0.2) is 0 Å². The predicted molar refractivity (Wildman–Crippen MR) is 161 cm³/mol. The number of nitrogens with zero attached hydrogens (tertiary/aromatic N) is 3. The summed E-state index contributed by atoms with van der Waals surface area (Å²) in [6, 6.07) is 26.5. The van der Waals surface area contributed by atoms with Gasteiger partial charge in [-0.05, 0) is 23.3 Å². The minimum absolute atomic E-state index is 0.168. The van der Waals surface area contributed by atoms with Crippen molar-refractivity contribution in [1.82, 2.24) is 14.9 Å². The fourth-order valence-corrected chi connectivity index (χ4v) is 5.24. The Hall–Kier alpha value is -4.76. The van der Waals surface area contributed by atoms with Crippen LogP contribution in [0.3, 0.4) is 0 Å². The van der Waals surface area contributed by atoms with Gasteiger partial charge in [0, 0.05) is 17.7 Å². The van der Waals surface area contributed by atoms with Crippen LogP contribution in [0.5, 0.6) is 0 Å². The van der Waals surface area contributed by atoms with E-state index < -0.39 is 47.4 Å². The van der Waals surface area contributed by atoms with Gasteiger partial charge in [-0.25, -0.2) is 9.59 Å². The minimum Gasteiger partial charge on any atom is -0.452 e. The first-order valence-electron chi connectivity index (χ1n) is 14.1. The molecule has 0 bridgehead atoms. The van der Waals surface area contributed by atoms with E-state index in [1.54, 1.807) is 37.3 Å². The number of hydrogen-bond acceptors (Lipinski definition) is 7. The van der Waals surface area contributed by atoms with Crippen molar-refractivity contribution in [3.05, 3.63) is 120 Å². The van der Waals surface area contributed by atoms with Gasteiger partial charge in [-0.2, -0.15) is 0 Å². The van der Waals surface area contributed by atoms with E-state index in [1.807, 2.05) is 81.4 Å². The van der Waals surface area contributed by atoms with E-state index >= 15 is 0 Å². The van der Waals surface area contributed by atoms with Crippen molar-refractivity contribution in [3.63, 3.8) is 0 Å². The molecule has 1 aliphatic heterocycles. The summed E-state index contributed by atoms with van der Waals surface area (Å²) in [7, 11) is 1.25. The summed E-state index contributed by atoms with van der Waals surface area (Å²) in [5.74, 6) is -2.58. The van der Waals surface area contributed by atoms with Crippen LogP contribution in [0.2, 0.25) is 0 Å². The summed E-state index contributed by atoms with van der Waals surface area (Å²) in [5, 5.41) is 1.50. The van der Waals surface area contributed by atoms with Crippen LogP contribution >= 0.6 is 0 Å². The average molecular weight is 584 g/mol. The zero-order valence-electron chi connectivity index (χ0n) is 25.0. The molecule has 0 radical (unpaired) electrons. The van der Waals surface area contributed by atoms with Gasteiger partial charge in [0.1, 0.15) is 6.17 Å². The van der Waals surface area contributed by atoms with Crippen molar-refractivity contribution in [1.29, 1.82) is 0 Å². The van der Waals surface area contributed by atoms with Crippen LogP contribution < -0.4 is 0 Å². The molecule has 4 rings (SSSR count). The van der Waals surface area contributed by atoms with Crippen molar-refractivity contribution in [2.45, 2.75) is 46.4 Å². The molecule has 0 aliphatic carbocycles. The van der Waals surface area contributed by atoms with Gasteiger partial charge in [-0.1, -0.05) is 107 Å². The number of carbonyl (C=O) groups is 4. The molecule has 3 aromatic rings. The first-order valence-corrected chi connectivity index (χ1v) is 14.1. The first-order chi connectivity index (χ1) is 20.5. The van der Waals surface area contributed by atoms with Gasteiger partial charge < -0.3 is 9.57 Å². The minimum atomic E-state index is -0.960. The number of benzene rings is 3. The Labute approximate surface area is 252 Å². The zero-order valence-corrected chi connectivity index (χ0v) is 25.0. The molecule has 0 unspecified atom stereocenters. The van der Waals surface area contributed by atoms with Gasteiger partial charge in [-0.3, -0.25) is 19.4 Å². The number of ether oxygens (including phenoxy) is 1. The van der Waals surface area contributed by atoms with Crippen LogP contribution in [0.25, 0.3) is 0 Å². The molecule has 3 atom stereocenters. The molecule has 0 aromatic heterocycles. The summed E-state index contributed by atoms with van der Waals surface area (Å²) in [6.45, 7) is 7.37. The standard InChI is InChI=1S/C34H37N3O6/c1-24(30(39)37-28(38)21-22-35(33(41)42-5)32(37)34(2,3)4)29(26-17-11-7-12-18-26)36(23-25-15-9-6-10-16-25)43-31(40)27-19-13-8-14-20-27/h6-22,24,29,32H,23H2,1-5H3/t24-,29-,32+/m0/s1. The highest BCUT2D eigenvalue weighted by Crippen LogP contribution is 2.37. The Morgan fingerprint density at radius 1 is 0.884 bits per heavy atom. The number of hydroxylamine groups is 2. The summed E-state index contributed by atoms with van der Waals surface area (Å²) < 4.78 is 4.97. The molecular formula is C34H37N3O6. The number of methoxy groups -OCH3 is 1. The van der Waals surface area contributed by atoms with Gasteiger partial charge in [0.05, 0.1) is 31.2 Å². The lowest BCUT2D eigenvalue weighted by Crippen LogP contribution is -2.62. The predicted octanol–water partition coefficient (Wildman–Crippen LogP) is 5.96. The molecule has 3 amide bonds. The third-order valence-electron chi connectivity index (χ3n) is 7.23. The molecule has 224 valence electrons. The van der Waals surface area contributed by atoms with Crippen LogP contribution in [0.15, 0.2) is 103 Å².